The van der Waals surface area contributed by atoms with Crippen molar-refractivity contribution in [2.24, 2.45) is 5.73 Å². The summed E-state index contributed by atoms with van der Waals surface area (Å²) in [5, 5.41) is 9.37. The maximum Gasteiger partial charge on any atom is 0.243 e. The molecule has 0 fully saturated rings. The number of aromatic nitrogens is 2. The molecule has 2 rings (SSSR count). The highest BCUT2D eigenvalue weighted by molar-refractivity contribution is 5.95. The Morgan fingerprint density at radius 1 is 1.30 bits per heavy atom. The Morgan fingerprint density at radius 3 is 2.65 bits per heavy atom. The standard InChI is InChI=1S/C16H21N5O2/c1-2-4-14(17)16(23)18-11-15(22)20-12-5-7-13(8-6-12)21-10-3-9-19-21/h3,5-10,14H,2,4,11,17H2,1H3,(H,18,23)(H,20,22). The van der Waals surface area contributed by atoms with Crippen molar-refractivity contribution in [3.63, 3.8) is 0 Å². The van der Waals surface area contributed by atoms with Crippen LogP contribution in [0, 0.1) is 0 Å². The summed E-state index contributed by atoms with van der Waals surface area (Å²) >= 11 is 0. The topological polar surface area (TPSA) is 102 Å². The molecule has 0 aliphatic heterocycles. The van der Waals surface area contributed by atoms with Gasteiger partial charge in [-0.15, -0.1) is 0 Å². The number of nitrogens with two attached hydrogens (primary N) is 1. The molecule has 0 bridgehead atoms. The third kappa shape index (κ3) is 4.93. The first-order valence-electron chi connectivity index (χ1n) is 7.53. The molecule has 122 valence electrons. The molecule has 1 heterocycles. The molecule has 1 aromatic heterocycles. The number of anilines is 1. The van der Waals surface area contributed by atoms with E-state index in [4.69, 9.17) is 5.73 Å². The summed E-state index contributed by atoms with van der Waals surface area (Å²) in [4.78, 5) is 23.5. The van der Waals surface area contributed by atoms with E-state index < -0.39 is 6.04 Å². The summed E-state index contributed by atoms with van der Waals surface area (Å²) in [6.07, 6.45) is 4.95. The number of benzene rings is 1. The zero-order chi connectivity index (χ0) is 16.7. The Morgan fingerprint density at radius 2 is 2.04 bits per heavy atom. The van der Waals surface area contributed by atoms with Crippen LogP contribution in [0.1, 0.15) is 19.8 Å². The van der Waals surface area contributed by atoms with E-state index in [9.17, 15) is 9.59 Å². The smallest absolute Gasteiger partial charge is 0.243 e. The summed E-state index contributed by atoms with van der Waals surface area (Å²) < 4.78 is 1.72. The molecule has 23 heavy (non-hydrogen) atoms. The van der Waals surface area contributed by atoms with Crippen molar-refractivity contribution in [1.29, 1.82) is 0 Å². The summed E-state index contributed by atoms with van der Waals surface area (Å²) in [5.41, 5.74) is 7.22. The predicted octanol–water partition coefficient (Wildman–Crippen LogP) is 1.05. The fourth-order valence-corrected chi connectivity index (χ4v) is 2.06. The van der Waals surface area contributed by atoms with E-state index in [1.54, 1.807) is 23.0 Å². The molecular weight excluding hydrogens is 294 g/mol. The number of nitrogens with zero attached hydrogens (tertiary/aromatic N) is 2. The molecule has 0 radical (unpaired) electrons. The predicted molar refractivity (Wildman–Crippen MR) is 88.1 cm³/mol. The first-order chi connectivity index (χ1) is 11.1. The van der Waals surface area contributed by atoms with Gasteiger partial charge in [-0.1, -0.05) is 13.3 Å². The second-order valence-corrected chi connectivity index (χ2v) is 5.16. The molecule has 1 unspecified atom stereocenters. The maximum absolute atomic E-state index is 11.8. The van der Waals surface area contributed by atoms with Crippen LogP contribution >= 0.6 is 0 Å². The molecule has 0 aliphatic carbocycles. The number of hydrogen-bond acceptors (Lipinski definition) is 4. The van der Waals surface area contributed by atoms with Gasteiger partial charge in [-0.05, 0) is 36.8 Å². The average molecular weight is 315 g/mol. The number of rotatable bonds is 7. The van der Waals surface area contributed by atoms with E-state index in [-0.39, 0.29) is 18.4 Å². The minimum absolute atomic E-state index is 0.100. The third-order valence-electron chi connectivity index (χ3n) is 3.28. The molecule has 1 atom stereocenters. The number of hydrogen-bond donors (Lipinski definition) is 3. The zero-order valence-electron chi connectivity index (χ0n) is 13.0. The Balaban J connectivity index is 1.82. The number of carbonyl (C=O) groups excluding carboxylic acids is 2. The normalized spacial score (nSPS) is 11.7. The van der Waals surface area contributed by atoms with Gasteiger partial charge in [0.15, 0.2) is 0 Å². The number of nitrogens with one attached hydrogen (secondary N) is 2. The number of amides is 2. The van der Waals surface area contributed by atoms with Crippen LogP contribution in [0.2, 0.25) is 0 Å². The van der Waals surface area contributed by atoms with E-state index in [0.717, 1.165) is 12.1 Å². The monoisotopic (exact) mass is 315 g/mol. The van der Waals surface area contributed by atoms with Crippen molar-refractivity contribution < 1.29 is 9.59 Å². The summed E-state index contributed by atoms with van der Waals surface area (Å²) in [5.74, 6) is -0.607. The molecule has 2 aromatic rings. The van der Waals surface area contributed by atoms with Crippen LogP contribution in [0.4, 0.5) is 5.69 Å². The van der Waals surface area contributed by atoms with Crippen molar-refractivity contribution in [2.45, 2.75) is 25.8 Å². The van der Waals surface area contributed by atoms with Crippen LogP contribution in [-0.4, -0.2) is 34.2 Å². The molecule has 0 saturated heterocycles. The molecule has 1 aromatic carbocycles. The second kappa shape index (κ2) is 8.09. The van der Waals surface area contributed by atoms with Crippen LogP contribution in [0.3, 0.4) is 0 Å². The Hall–Kier alpha value is -2.67. The zero-order valence-corrected chi connectivity index (χ0v) is 13.0. The lowest BCUT2D eigenvalue weighted by Gasteiger charge is -2.11. The molecule has 0 spiro atoms. The van der Waals surface area contributed by atoms with Gasteiger partial charge in [-0.2, -0.15) is 5.10 Å². The third-order valence-corrected chi connectivity index (χ3v) is 3.28. The summed E-state index contributed by atoms with van der Waals surface area (Å²) in [7, 11) is 0. The highest BCUT2D eigenvalue weighted by Gasteiger charge is 2.13. The molecule has 7 heteroatoms. The van der Waals surface area contributed by atoms with E-state index in [1.807, 2.05) is 31.3 Å². The Labute approximate surface area is 134 Å². The van der Waals surface area contributed by atoms with E-state index in [2.05, 4.69) is 15.7 Å². The summed E-state index contributed by atoms with van der Waals surface area (Å²) in [6.45, 7) is 1.85. The van der Waals surface area contributed by atoms with Gasteiger partial charge in [0.05, 0.1) is 18.3 Å². The summed E-state index contributed by atoms with van der Waals surface area (Å²) in [6, 6.07) is 8.51. The highest BCUT2D eigenvalue weighted by Crippen LogP contribution is 2.12. The van der Waals surface area contributed by atoms with Crippen molar-refractivity contribution in [1.82, 2.24) is 15.1 Å². The van der Waals surface area contributed by atoms with Gasteiger partial charge in [-0.25, -0.2) is 4.68 Å². The largest absolute Gasteiger partial charge is 0.346 e. The van der Waals surface area contributed by atoms with Crippen LogP contribution in [0.25, 0.3) is 5.69 Å². The van der Waals surface area contributed by atoms with Crippen molar-refractivity contribution in [3.05, 3.63) is 42.7 Å². The van der Waals surface area contributed by atoms with Crippen molar-refractivity contribution in [3.8, 4) is 5.69 Å². The van der Waals surface area contributed by atoms with E-state index >= 15 is 0 Å². The van der Waals surface area contributed by atoms with Crippen LogP contribution in [0.15, 0.2) is 42.7 Å². The van der Waals surface area contributed by atoms with Gasteiger partial charge in [0.1, 0.15) is 0 Å². The quantitative estimate of drug-likeness (QED) is 0.711. The molecule has 7 nitrogen and oxygen atoms in total. The number of carbonyl (C=O) groups is 2. The van der Waals surface area contributed by atoms with Crippen molar-refractivity contribution >= 4 is 17.5 Å². The molecular formula is C16H21N5O2. The van der Waals surface area contributed by atoms with Gasteiger partial charge in [-0.3, -0.25) is 9.59 Å². The highest BCUT2D eigenvalue weighted by atomic mass is 16.2. The van der Waals surface area contributed by atoms with Gasteiger partial charge >= 0.3 is 0 Å². The molecule has 0 aliphatic rings. The Bertz CT molecular complexity index is 637. The second-order valence-electron chi connectivity index (χ2n) is 5.16. The lowest BCUT2D eigenvalue weighted by atomic mass is 10.2. The van der Waals surface area contributed by atoms with Crippen LogP contribution in [-0.2, 0) is 9.59 Å². The molecule has 0 saturated carbocycles. The lowest BCUT2D eigenvalue weighted by molar-refractivity contribution is -0.125. The van der Waals surface area contributed by atoms with E-state index in [1.165, 1.54) is 0 Å². The fraction of sp³-hybridized carbons (Fsp3) is 0.312. The van der Waals surface area contributed by atoms with Gasteiger partial charge in [0.2, 0.25) is 11.8 Å². The SMILES string of the molecule is CCCC(N)C(=O)NCC(=O)Nc1ccc(-n2cccn2)cc1. The van der Waals surface area contributed by atoms with Gasteiger partial charge < -0.3 is 16.4 Å². The van der Waals surface area contributed by atoms with Gasteiger partial charge in [0.25, 0.3) is 0 Å². The van der Waals surface area contributed by atoms with Crippen molar-refractivity contribution in [2.75, 3.05) is 11.9 Å². The molecule has 2 amide bonds. The Kier molecular flexibility index (Phi) is 5.87. The lowest BCUT2D eigenvalue weighted by Crippen LogP contribution is -2.43. The first kappa shape index (κ1) is 16.7. The van der Waals surface area contributed by atoms with E-state index in [0.29, 0.717) is 12.1 Å². The first-order valence-corrected chi connectivity index (χ1v) is 7.53. The van der Waals surface area contributed by atoms with Crippen LogP contribution < -0.4 is 16.4 Å². The fourth-order valence-electron chi connectivity index (χ4n) is 2.06. The maximum atomic E-state index is 11.8. The minimum atomic E-state index is -0.568. The van der Waals surface area contributed by atoms with Crippen LogP contribution in [0.5, 0.6) is 0 Å². The minimum Gasteiger partial charge on any atom is -0.346 e. The average Bonchev–Trinajstić information content (AvgIpc) is 3.08. The van der Waals surface area contributed by atoms with Gasteiger partial charge in [0, 0.05) is 18.1 Å². The molecule has 4 N–H and O–H groups in total.